The van der Waals surface area contributed by atoms with Crippen molar-refractivity contribution in [2.75, 3.05) is 60.2 Å². The number of hydrogen-bond acceptors (Lipinski definition) is 8. The monoisotopic (exact) mass is 567 g/mol. The summed E-state index contributed by atoms with van der Waals surface area (Å²) in [5.41, 5.74) is 2.07. The third kappa shape index (κ3) is 4.59. The van der Waals surface area contributed by atoms with Crippen LogP contribution in [0.3, 0.4) is 0 Å². The Kier molecular flexibility index (Phi) is 6.21. The first-order valence-corrected chi connectivity index (χ1v) is 16.2. The lowest BCUT2D eigenvalue weighted by Crippen LogP contribution is -2.63. The highest BCUT2D eigenvalue weighted by Crippen LogP contribution is 2.55. The minimum absolute atomic E-state index is 0.0685. The summed E-state index contributed by atoms with van der Waals surface area (Å²) in [7, 11) is -3.18. The highest BCUT2D eigenvalue weighted by atomic mass is 32.2. The second-order valence-electron chi connectivity index (χ2n) is 12.4. The van der Waals surface area contributed by atoms with Crippen LogP contribution in [0.5, 0.6) is 0 Å². The molecule has 3 heterocycles. The van der Waals surface area contributed by atoms with Crippen molar-refractivity contribution in [2.24, 2.45) is 17.8 Å². The Bertz CT molecular complexity index is 1380. The van der Waals surface area contributed by atoms with E-state index in [0.29, 0.717) is 63.0 Å². The summed E-state index contributed by atoms with van der Waals surface area (Å²) in [6.07, 6.45) is 9.57. The fraction of sp³-hybridized carbons (Fsp3) is 0.607. The number of aromatic nitrogens is 2. The number of fused-ring (bicyclic) bond motifs is 1. The topological polar surface area (TPSA) is 122 Å². The SMILES string of the molecule is CS(=O)(=O)N1CCN(c2cnc(N3CCN(C(=O)NC4[C@H]5CC6C[C@H]4CC(O)(C6)C5)c4ccccc43)nc2)CC1. The molecule has 2 aliphatic heterocycles. The van der Waals surface area contributed by atoms with Crippen LogP contribution in [0.15, 0.2) is 36.7 Å². The number of benzene rings is 1. The summed E-state index contributed by atoms with van der Waals surface area (Å²) >= 11 is 0. The fourth-order valence-electron chi connectivity index (χ4n) is 8.11. The number of nitrogens with zero attached hydrogens (tertiary/aromatic N) is 6. The number of sulfonamides is 1. The number of rotatable bonds is 4. The molecule has 2 atom stereocenters. The third-order valence-electron chi connectivity index (χ3n) is 9.73. The number of para-hydroxylation sites is 2. The molecule has 0 radical (unpaired) electrons. The molecule has 214 valence electrons. The number of carbonyl (C=O) groups excluding carboxylic acids is 1. The van der Waals surface area contributed by atoms with Crippen molar-refractivity contribution in [3.05, 3.63) is 36.7 Å². The molecule has 4 bridgehead atoms. The van der Waals surface area contributed by atoms with E-state index in [9.17, 15) is 18.3 Å². The molecule has 6 aliphatic rings. The van der Waals surface area contributed by atoms with Crippen LogP contribution in [-0.2, 0) is 10.0 Å². The zero-order valence-electron chi connectivity index (χ0n) is 22.8. The highest BCUT2D eigenvalue weighted by molar-refractivity contribution is 7.88. The van der Waals surface area contributed by atoms with E-state index in [1.165, 1.54) is 10.6 Å². The van der Waals surface area contributed by atoms with Crippen molar-refractivity contribution in [1.82, 2.24) is 19.6 Å². The molecule has 8 rings (SSSR count). The van der Waals surface area contributed by atoms with Gasteiger partial charge in [0.15, 0.2) is 0 Å². The molecule has 40 heavy (non-hydrogen) atoms. The van der Waals surface area contributed by atoms with E-state index in [2.05, 4.69) is 20.2 Å². The fourth-order valence-corrected chi connectivity index (χ4v) is 8.94. The Balaban J connectivity index is 1.05. The van der Waals surface area contributed by atoms with Gasteiger partial charge in [0.25, 0.3) is 0 Å². The minimum atomic E-state index is -3.18. The summed E-state index contributed by atoms with van der Waals surface area (Å²) in [5.74, 6) is 1.89. The van der Waals surface area contributed by atoms with Gasteiger partial charge in [-0.05, 0) is 62.0 Å². The van der Waals surface area contributed by atoms with Crippen LogP contribution in [-0.4, -0.2) is 91.0 Å². The Labute approximate surface area is 235 Å². The Morgan fingerprint density at radius 2 is 1.60 bits per heavy atom. The molecule has 12 heteroatoms. The number of nitrogens with one attached hydrogen (secondary N) is 1. The quantitative estimate of drug-likeness (QED) is 0.577. The maximum atomic E-state index is 13.6. The van der Waals surface area contributed by atoms with Gasteiger partial charge in [0.2, 0.25) is 16.0 Å². The second kappa shape index (κ2) is 9.56. The van der Waals surface area contributed by atoms with Gasteiger partial charge in [-0.3, -0.25) is 4.90 Å². The van der Waals surface area contributed by atoms with Crippen molar-refractivity contribution in [3.8, 4) is 0 Å². The van der Waals surface area contributed by atoms with Gasteiger partial charge < -0.3 is 20.2 Å². The first-order valence-electron chi connectivity index (χ1n) is 14.4. The van der Waals surface area contributed by atoms with Crippen molar-refractivity contribution in [1.29, 1.82) is 0 Å². The number of piperazine rings is 1. The van der Waals surface area contributed by atoms with Crippen LogP contribution in [0.2, 0.25) is 0 Å². The average Bonchev–Trinajstić information content (AvgIpc) is 2.93. The van der Waals surface area contributed by atoms with Gasteiger partial charge in [-0.25, -0.2) is 23.2 Å². The zero-order valence-corrected chi connectivity index (χ0v) is 23.6. The number of urea groups is 1. The summed E-state index contributed by atoms with van der Waals surface area (Å²) < 4.78 is 25.1. The molecule has 0 unspecified atom stereocenters. The molecule has 11 nitrogen and oxygen atoms in total. The Hall–Kier alpha value is -2.96. The van der Waals surface area contributed by atoms with Crippen LogP contribution in [0, 0.1) is 17.8 Å². The molecule has 2 N–H and O–H groups in total. The first kappa shape index (κ1) is 26.0. The van der Waals surface area contributed by atoms with Gasteiger partial charge in [-0.2, -0.15) is 4.31 Å². The smallest absolute Gasteiger partial charge is 0.322 e. The number of carbonyl (C=O) groups is 1. The lowest BCUT2D eigenvalue weighted by molar-refractivity contribution is -0.136. The maximum Gasteiger partial charge on any atom is 0.322 e. The molecule has 0 spiro atoms. The highest BCUT2D eigenvalue weighted by Gasteiger charge is 2.55. The molecular weight excluding hydrogens is 530 g/mol. The minimum Gasteiger partial charge on any atom is -0.390 e. The van der Waals surface area contributed by atoms with Gasteiger partial charge in [-0.1, -0.05) is 12.1 Å². The van der Waals surface area contributed by atoms with Crippen molar-refractivity contribution in [2.45, 2.75) is 43.7 Å². The zero-order chi connectivity index (χ0) is 27.6. The average molecular weight is 568 g/mol. The maximum absolute atomic E-state index is 13.6. The van der Waals surface area contributed by atoms with E-state index in [0.717, 1.165) is 49.2 Å². The van der Waals surface area contributed by atoms with Crippen LogP contribution >= 0.6 is 0 Å². The molecule has 1 saturated heterocycles. The number of aliphatic hydroxyl groups is 1. The van der Waals surface area contributed by atoms with Crippen LogP contribution in [0.1, 0.15) is 32.1 Å². The summed E-state index contributed by atoms with van der Waals surface area (Å²) in [6, 6.07) is 7.93. The normalized spacial score (nSPS) is 31.8. The predicted molar refractivity (Wildman–Crippen MR) is 152 cm³/mol. The number of hydrogen-bond donors (Lipinski definition) is 2. The largest absolute Gasteiger partial charge is 0.390 e. The van der Waals surface area contributed by atoms with Gasteiger partial charge in [0.1, 0.15) is 0 Å². The van der Waals surface area contributed by atoms with E-state index in [-0.39, 0.29) is 12.1 Å². The standard InChI is InChI=1S/C28H37N7O4S/c1-40(38,39)33-8-6-32(7-9-33)22-17-29-26(30-18-22)34-10-11-35(24-5-3-2-4-23(24)34)27(36)31-25-20-12-19-13-21(25)16-28(37,14-19)15-20/h2-5,17-21,25,37H,6-16H2,1H3,(H,31,36)/t19?,20-,21-,25?,28?/m0/s1. The Morgan fingerprint density at radius 1 is 0.950 bits per heavy atom. The third-order valence-corrected chi connectivity index (χ3v) is 11.0. The van der Waals surface area contributed by atoms with Gasteiger partial charge in [-0.15, -0.1) is 0 Å². The van der Waals surface area contributed by atoms with E-state index >= 15 is 0 Å². The molecule has 2 aromatic rings. The molecule has 5 fully saturated rings. The van der Waals surface area contributed by atoms with Crippen molar-refractivity contribution >= 4 is 39.1 Å². The van der Waals surface area contributed by atoms with E-state index in [4.69, 9.17) is 0 Å². The molecule has 1 aromatic carbocycles. The molecule has 4 aliphatic carbocycles. The van der Waals surface area contributed by atoms with Gasteiger partial charge in [0.05, 0.1) is 41.3 Å². The summed E-state index contributed by atoms with van der Waals surface area (Å²) in [5, 5.41) is 14.3. The van der Waals surface area contributed by atoms with Crippen molar-refractivity contribution < 1.29 is 18.3 Å². The number of anilines is 4. The lowest BCUT2D eigenvalue weighted by atomic mass is 9.52. The predicted octanol–water partition coefficient (Wildman–Crippen LogP) is 2.17. The number of amides is 2. The van der Waals surface area contributed by atoms with Gasteiger partial charge in [0, 0.05) is 45.3 Å². The van der Waals surface area contributed by atoms with Gasteiger partial charge >= 0.3 is 6.03 Å². The molecule has 1 aromatic heterocycles. The molecule has 4 saturated carbocycles. The summed E-state index contributed by atoms with van der Waals surface area (Å²) in [4.78, 5) is 28.9. The Morgan fingerprint density at radius 3 is 2.23 bits per heavy atom. The van der Waals surface area contributed by atoms with E-state index in [1.807, 2.05) is 34.1 Å². The lowest BCUT2D eigenvalue weighted by Gasteiger charge is -2.58. The second-order valence-corrected chi connectivity index (χ2v) is 14.3. The van der Waals surface area contributed by atoms with Crippen molar-refractivity contribution in [3.63, 3.8) is 0 Å². The summed E-state index contributed by atoms with van der Waals surface area (Å²) in [6.45, 7) is 3.15. The van der Waals surface area contributed by atoms with E-state index < -0.39 is 15.6 Å². The van der Waals surface area contributed by atoms with E-state index in [1.54, 1.807) is 12.4 Å². The van der Waals surface area contributed by atoms with Crippen LogP contribution in [0.4, 0.5) is 27.8 Å². The first-order chi connectivity index (χ1) is 19.2. The molecule has 2 amide bonds. The van der Waals surface area contributed by atoms with Crippen LogP contribution in [0.25, 0.3) is 0 Å². The van der Waals surface area contributed by atoms with Crippen LogP contribution < -0.4 is 20.0 Å². The molecular formula is C28H37N7O4S.